The van der Waals surface area contributed by atoms with Gasteiger partial charge in [0.25, 0.3) is 5.91 Å². The Morgan fingerprint density at radius 3 is 2.33 bits per heavy atom. The van der Waals surface area contributed by atoms with Gasteiger partial charge in [-0.05, 0) is 92.6 Å². The van der Waals surface area contributed by atoms with Crippen molar-refractivity contribution in [2.75, 3.05) is 6.54 Å². The second-order valence-corrected chi connectivity index (χ2v) is 10.2. The number of rotatable bonds is 5. The third kappa shape index (κ3) is 5.10. The first-order chi connectivity index (χ1) is 15.7. The van der Waals surface area contributed by atoms with Crippen LogP contribution in [-0.4, -0.2) is 27.1 Å². The number of benzene rings is 2. The largest absolute Gasteiger partial charge is 0.318 e. The van der Waals surface area contributed by atoms with E-state index in [1.807, 2.05) is 30.3 Å². The van der Waals surface area contributed by atoms with Crippen LogP contribution in [0.25, 0.3) is 11.8 Å². The second kappa shape index (κ2) is 9.62. The number of aryl methyl sites for hydroxylation is 2. The van der Waals surface area contributed by atoms with Gasteiger partial charge in [-0.2, -0.15) is 0 Å². The molecular formula is C27H28ClN3OS. The molecule has 170 valence electrons. The van der Waals surface area contributed by atoms with Gasteiger partial charge >= 0.3 is 0 Å². The molecule has 1 fully saturated rings. The molecule has 3 aromatic rings. The van der Waals surface area contributed by atoms with Crippen LogP contribution >= 0.6 is 23.4 Å². The molecule has 1 amide bonds. The third-order valence-corrected chi connectivity index (χ3v) is 6.79. The number of hydrogen-bond acceptors (Lipinski definition) is 3. The average Bonchev–Trinajstić information content (AvgIpc) is 3.20. The number of thioether (sulfide) groups is 1. The summed E-state index contributed by atoms with van der Waals surface area (Å²) in [6, 6.07) is 18.0. The van der Waals surface area contributed by atoms with Crippen LogP contribution in [0.1, 0.15) is 36.4 Å². The molecule has 1 aromatic heterocycles. The molecule has 1 aliphatic heterocycles. The second-order valence-electron chi connectivity index (χ2n) is 8.79. The molecule has 6 heteroatoms. The Labute approximate surface area is 205 Å². The number of aromatic nitrogens is 1. The Balaban J connectivity index is 1.71. The Hall–Kier alpha value is -2.76. The molecule has 4 rings (SSSR count). The molecule has 0 aliphatic carbocycles. The van der Waals surface area contributed by atoms with Crippen LogP contribution in [0.15, 0.2) is 64.5 Å². The van der Waals surface area contributed by atoms with Gasteiger partial charge in [0.15, 0.2) is 5.17 Å². The minimum absolute atomic E-state index is 0.00144. The SMILES string of the molecule is Cc1ccc(-n2c(C)cc(/C=C3\SC(=Nc4ccc(Cl)cc4)N(CC(C)C)C3=O)c2C)cc1. The van der Waals surface area contributed by atoms with Gasteiger partial charge in [-0.3, -0.25) is 9.69 Å². The molecule has 33 heavy (non-hydrogen) atoms. The van der Waals surface area contributed by atoms with Crippen LogP contribution in [0.4, 0.5) is 5.69 Å². The van der Waals surface area contributed by atoms with E-state index < -0.39 is 0 Å². The number of amidine groups is 1. The standard InChI is InChI=1S/C27H28ClN3OS/c1-17(2)16-30-26(32)25(33-27(30)29-23-10-8-22(28)9-11-23)15-21-14-19(4)31(20(21)5)24-12-6-18(3)7-13-24/h6-15,17H,16H2,1-5H3/b25-15-,29-27?. The first kappa shape index (κ1) is 23.4. The van der Waals surface area contributed by atoms with Crippen molar-refractivity contribution in [3.63, 3.8) is 0 Å². The molecule has 0 N–H and O–H groups in total. The van der Waals surface area contributed by atoms with Crippen molar-refractivity contribution in [3.8, 4) is 5.69 Å². The van der Waals surface area contributed by atoms with Crippen LogP contribution in [-0.2, 0) is 4.79 Å². The molecule has 2 aromatic carbocycles. The van der Waals surface area contributed by atoms with E-state index in [9.17, 15) is 4.79 Å². The monoisotopic (exact) mass is 477 g/mol. The fraction of sp³-hybridized carbons (Fsp3) is 0.259. The van der Waals surface area contributed by atoms with E-state index in [0.717, 1.165) is 28.3 Å². The molecule has 0 unspecified atom stereocenters. The van der Waals surface area contributed by atoms with E-state index in [4.69, 9.17) is 16.6 Å². The van der Waals surface area contributed by atoms with Crippen LogP contribution in [0, 0.1) is 26.7 Å². The van der Waals surface area contributed by atoms with E-state index in [1.165, 1.54) is 17.3 Å². The molecule has 0 bridgehead atoms. The quantitative estimate of drug-likeness (QED) is 0.361. The lowest BCUT2D eigenvalue weighted by Gasteiger charge is -2.17. The summed E-state index contributed by atoms with van der Waals surface area (Å²) >= 11 is 7.44. The Morgan fingerprint density at radius 1 is 1.03 bits per heavy atom. The van der Waals surface area contributed by atoms with Crippen molar-refractivity contribution >= 4 is 46.2 Å². The van der Waals surface area contributed by atoms with Crippen molar-refractivity contribution in [3.05, 3.63) is 87.0 Å². The number of nitrogens with zero attached hydrogens (tertiary/aromatic N) is 3. The number of halogens is 1. The van der Waals surface area contributed by atoms with E-state index in [-0.39, 0.29) is 5.91 Å². The van der Waals surface area contributed by atoms with Gasteiger partial charge in [0.2, 0.25) is 0 Å². The highest BCUT2D eigenvalue weighted by molar-refractivity contribution is 8.18. The zero-order valence-corrected chi connectivity index (χ0v) is 21.2. The summed E-state index contributed by atoms with van der Waals surface area (Å²) in [5.41, 5.74) is 6.42. The molecule has 1 aliphatic rings. The fourth-order valence-corrected chi connectivity index (χ4v) is 5.03. The summed E-state index contributed by atoms with van der Waals surface area (Å²) in [6.45, 7) is 11.1. The summed E-state index contributed by atoms with van der Waals surface area (Å²) in [5.74, 6) is 0.331. The van der Waals surface area contributed by atoms with Crippen LogP contribution in [0.3, 0.4) is 0 Å². The Kier molecular flexibility index (Phi) is 6.82. The summed E-state index contributed by atoms with van der Waals surface area (Å²) in [4.78, 5) is 20.6. The van der Waals surface area contributed by atoms with Crippen molar-refractivity contribution in [2.24, 2.45) is 10.9 Å². The lowest BCUT2D eigenvalue weighted by atomic mass is 10.2. The van der Waals surface area contributed by atoms with Crippen molar-refractivity contribution < 1.29 is 4.79 Å². The highest BCUT2D eigenvalue weighted by atomic mass is 35.5. The van der Waals surface area contributed by atoms with Gasteiger partial charge in [0.1, 0.15) is 0 Å². The summed E-state index contributed by atoms with van der Waals surface area (Å²) in [7, 11) is 0. The third-order valence-electron chi connectivity index (χ3n) is 5.54. The molecule has 0 saturated carbocycles. The highest BCUT2D eigenvalue weighted by Crippen LogP contribution is 2.36. The van der Waals surface area contributed by atoms with E-state index in [1.54, 1.807) is 4.90 Å². The van der Waals surface area contributed by atoms with Crippen LogP contribution < -0.4 is 0 Å². The van der Waals surface area contributed by atoms with Gasteiger partial charge in [0.05, 0.1) is 10.6 Å². The van der Waals surface area contributed by atoms with Crippen LogP contribution in [0.5, 0.6) is 0 Å². The predicted octanol–water partition coefficient (Wildman–Crippen LogP) is 7.32. The van der Waals surface area contributed by atoms with E-state index >= 15 is 0 Å². The Morgan fingerprint density at radius 2 is 1.70 bits per heavy atom. The minimum atomic E-state index is 0.00144. The smallest absolute Gasteiger partial charge is 0.266 e. The maximum absolute atomic E-state index is 13.3. The summed E-state index contributed by atoms with van der Waals surface area (Å²) in [5, 5.41) is 1.37. The van der Waals surface area contributed by atoms with Gasteiger partial charge in [-0.1, -0.05) is 43.1 Å². The first-order valence-electron chi connectivity index (χ1n) is 11.0. The van der Waals surface area contributed by atoms with E-state index in [2.05, 4.69) is 69.5 Å². The first-order valence-corrected chi connectivity index (χ1v) is 12.2. The predicted molar refractivity (Wildman–Crippen MR) is 141 cm³/mol. The molecule has 0 spiro atoms. The van der Waals surface area contributed by atoms with E-state index in [0.29, 0.717) is 27.6 Å². The number of carbonyl (C=O) groups excluding carboxylic acids is 1. The van der Waals surface area contributed by atoms with Crippen molar-refractivity contribution in [2.45, 2.75) is 34.6 Å². The topological polar surface area (TPSA) is 37.6 Å². The number of aliphatic imine (C=N–C) groups is 1. The number of amides is 1. The molecule has 1 saturated heterocycles. The summed E-state index contributed by atoms with van der Waals surface area (Å²) in [6.07, 6.45) is 2.00. The number of carbonyl (C=O) groups is 1. The minimum Gasteiger partial charge on any atom is -0.318 e. The van der Waals surface area contributed by atoms with Crippen molar-refractivity contribution in [1.29, 1.82) is 0 Å². The highest BCUT2D eigenvalue weighted by Gasteiger charge is 2.34. The lowest BCUT2D eigenvalue weighted by molar-refractivity contribution is -0.122. The summed E-state index contributed by atoms with van der Waals surface area (Å²) < 4.78 is 2.23. The Bertz CT molecular complexity index is 1240. The molecule has 0 atom stereocenters. The lowest BCUT2D eigenvalue weighted by Crippen LogP contribution is -2.32. The fourth-order valence-electron chi connectivity index (χ4n) is 3.91. The van der Waals surface area contributed by atoms with Gasteiger partial charge in [-0.25, -0.2) is 4.99 Å². The molecule has 0 radical (unpaired) electrons. The van der Waals surface area contributed by atoms with Gasteiger partial charge in [-0.15, -0.1) is 0 Å². The zero-order valence-electron chi connectivity index (χ0n) is 19.6. The van der Waals surface area contributed by atoms with Crippen LogP contribution in [0.2, 0.25) is 5.02 Å². The maximum Gasteiger partial charge on any atom is 0.266 e. The van der Waals surface area contributed by atoms with Crippen molar-refractivity contribution in [1.82, 2.24) is 9.47 Å². The normalized spacial score (nSPS) is 16.6. The maximum atomic E-state index is 13.3. The zero-order chi connectivity index (χ0) is 23.7. The average molecular weight is 478 g/mol. The molecule has 4 nitrogen and oxygen atoms in total. The molecule has 2 heterocycles. The molecular weight excluding hydrogens is 450 g/mol. The van der Waals surface area contributed by atoms with Gasteiger partial charge < -0.3 is 4.57 Å². The number of hydrogen-bond donors (Lipinski definition) is 0. The van der Waals surface area contributed by atoms with Gasteiger partial charge in [0, 0.05) is 28.6 Å².